The summed E-state index contributed by atoms with van der Waals surface area (Å²) >= 11 is 0. The van der Waals surface area contributed by atoms with E-state index in [-0.39, 0.29) is 0 Å². The van der Waals surface area contributed by atoms with E-state index in [0.29, 0.717) is 17.7 Å². The molecule has 1 fully saturated rings. The molecule has 0 aromatic carbocycles. The van der Waals surface area contributed by atoms with Crippen LogP contribution in [0.25, 0.3) is 0 Å². The molecule has 0 aromatic rings. The second-order valence-corrected chi connectivity index (χ2v) is 5.61. The number of rotatable bonds is 4. The second-order valence-electron chi connectivity index (χ2n) is 5.61. The first-order valence-corrected chi connectivity index (χ1v) is 6.47. The molecule has 1 aliphatic rings. The van der Waals surface area contributed by atoms with Crippen LogP contribution in [0, 0.1) is 5.41 Å². The molecule has 0 aromatic heterocycles. The van der Waals surface area contributed by atoms with Crippen LogP contribution >= 0.6 is 0 Å². The Bertz CT molecular complexity index is 226. The van der Waals surface area contributed by atoms with Crippen molar-refractivity contribution < 1.29 is 4.79 Å². The van der Waals surface area contributed by atoms with Crippen molar-refractivity contribution in [1.82, 2.24) is 10.2 Å². The van der Waals surface area contributed by atoms with Crippen molar-refractivity contribution in [1.29, 1.82) is 0 Å². The second kappa shape index (κ2) is 6.24. The van der Waals surface area contributed by atoms with Crippen molar-refractivity contribution in [2.24, 2.45) is 5.41 Å². The molecule has 0 bridgehead atoms. The van der Waals surface area contributed by atoms with Gasteiger partial charge in [-0.15, -0.1) is 0 Å². The first-order valence-electron chi connectivity index (χ1n) is 6.47. The lowest BCUT2D eigenvalue weighted by atomic mass is 9.85. The number of likely N-dealkylation sites (tertiary alicyclic amines) is 1. The zero-order valence-electron chi connectivity index (χ0n) is 11.0. The molecule has 16 heavy (non-hydrogen) atoms. The van der Waals surface area contributed by atoms with Gasteiger partial charge in [-0.05, 0) is 44.7 Å². The lowest BCUT2D eigenvalue weighted by Gasteiger charge is -2.23. The number of carbonyl (C=O) groups is 1. The molecule has 1 N–H and O–H groups in total. The fourth-order valence-electron chi connectivity index (χ4n) is 2.25. The molecule has 3 nitrogen and oxygen atoms in total. The van der Waals surface area contributed by atoms with Gasteiger partial charge in [-0.2, -0.15) is 0 Å². The molecule has 0 unspecified atom stereocenters. The third-order valence-corrected chi connectivity index (χ3v) is 3.51. The van der Waals surface area contributed by atoms with Crippen LogP contribution in [0.4, 0.5) is 0 Å². The Morgan fingerprint density at radius 2 is 2.06 bits per heavy atom. The molecule has 0 radical (unpaired) electrons. The third kappa shape index (κ3) is 4.52. The minimum absolute atomic E-state index is 0.341. The number of amides is 1. The molecule has 1 aliphatic heterocycles. The van der Waals surface area contributed by atoms with Gasteiger partial charge in [-0.3, -0.25) is 4.79 Å². The zero-order chi connectivity index (χ0) is 12.0. The van der Waals surface area contributed by atoms with E-state index in [1.54, 1.807) is 0 Å². The van der Waals surface area contributed by atoms with E-state index < -0.39 is 0 Å². The summed E-state index contributed by atoms with van der Waals surface area (Å²) in [6.07, 6.45) is 5.19. The summed E-state index contributed by atoms with van der Waals surface area (Å²) in [4.78, 5) is 14.0. The highest BCUT2D eigenvalue weighted by Crippen LogP contribution is 2.29. The van der Waals surface area contributed by atoms with E-state index in [1.165, 1.54) is 6.42 Å². The van der Waals surface area contributed by atoms with Gasteiger partial charge in [0.1, 0.15) is 0 Å². The summed E-state index contributed by atoms with van der Waals surface area (Å²) in [6.45, 7) is 7.46. The van der Waals surface area contributed by atoms with Crippen molar-refractivity contribution in [3.63, 3.8) is 0 Å². The molecule has 1 amide bonds. The minimum Gasteiger partial charge on any atom is -0.343 e. The number of hydrogen-bond acceptors (Lipinski definition) is 2. The fraction of sp³-hybridized carbons (Fsp3) is 0.923. The molecular formula is C13H26N2O. The van der Waals surface area contributed by atoms with Gasteiger partial charge in [0, 0.05) is 19.5 Å². The van der Waals surface area contributed by atoms with Crippen LogP contribution < -0.4 is 5.32 Å². The van der Waals surface area contributed by atoms with Gasteiger partial charge < -0.3 is 10.2 Å². The van der Waals surface area contributed by atoms with Gasteiger partial charge in [0.05, 0.1) is 0 Å². The lowest BCUT2D eigenvalue weighted by molar-refractivity contribution is -0.131. The van der Waals surface area contributed by atoms with Gasteiger partial charge in [-0.25, -0.2) is 0 Å². The molecule has 0 saturated carbocycles. The Balaban J connectivity index is 2.33. The van der Waals surface area contributed by atoms with Gasteiger partial charge in [0.15, 0.2) is 0 Å². The largest absolute Gasteiger partial charge is 0.343 e. The predicted molar refractivity (Wildman–Crippen MR) is 67.4 cm³/mol. The Kier molecular flexibility index (Phi) is 5.26. The average Bonchev–Trinajstić information content (AvgIpc) is 2.39. The summed E-state index contributed by atoms with van der Waals surface area (Å²) in [5.74, 6) is 0.341. The quantitative estimate of drug-likeness (QED) is 0.744. The van der Waals surface area contributed by atoms with Gasteiger partial charge in [0.2, 0.25) is 5.91 Å². The summed E-state index contributed by atoms with van der Waals surface area (Å²) in [5, 5.41) is 3.08. The highest BCUT2D eigenvalue weighted by molar-refractivity contribution is 5.76. The maximum absolute atomic E-state index is 11.9. The zero-order valence-corrected chi connectivity index (χ0v) is 11.0. The van der Waals surface area contributed by atoms with Gasteiger partial charge in [-0.1, -0.05) is 13.8 Å². The summed E-state index contributed by atoms with van der Waals surface area (Å²) in [7, 11) is 1.93. The smallest absolute Gasteiger partial charge is 0.222 e. The third-order valence-electron chi connectivity index (χ3n) is 3.51. The lowest BCUT2D eigenvalue weighted by Crippen LogP contribution is -2.32. The predicted octanol–water partition coefficient (Wildman–Crippen LogP) is 2.02. The number of carbonyl (C=O) groups excluding carboxylic acids is 1. The Morgan fingerprint density at radius 1 is 1.31 bits per heavy atom. The Morgan fingerprint density at radius 3 is 2.75 bits per heavy atom. The number of nitrogens with one attached hydrogen (secondary N) is 1. The van der Waals surface area contributed by atoms with E-state index >= 15 is 0 Å². The van der Waals surface area contributed by atoms with Crippen molar-refractivity contribution >= 4 is 5.91 Å². The van der Waals surface area contributed by atoms with Crippen molar-refractivity contribution in [2.45, 2.75) is 46.0 Å². The van der Waals surface area contributed by atoms with E-state index in [9.17, 15) is 4.79 Å². The number of nitrogens with zero attached hydrogens (tertiary/aromatic N) is 1. The maximum atomic E-state index is 11.9. The normalized spacial score (nSPS) is 20.6. The first-order chi connectivity index (χ1) is 7.55. The van der Waals surface area contributed by atoms with Crippen LogP contribution in [0.1, 0.15) is 46.0 Å². The minimum atomic E-state index is 0.341. The summed E-state index contributed by atoms with van der Waals surface area (Å²) in [6, 6.07) is 0. The highest BCUT2D eigenvalue weighted by atomic mass is 16.2. The SMILES string of the molecule is CNCCCC(=O)N1CCCC(C)(C)CC1. The standard InChI is InChI=1S/C13H26N2O/c1-13(2)7-5-10-15(11-8-13)12(16)6-4-9-14-3/h14H,4-11H2,1-3H3. The molecule has 94 valence electrons. The Labute approximate surface area is 99.6 Å². The van der Waals surface area contributed by atoms with Crippen LogP contribution in [-0.4, -0.2) is 37.5 Å². The van der Waals surface area contributed by atoms with E-state index in [2.05, 4.69) is 24.1 Å². The van der Waals surface area contributed by atoms with Crippen LogP contribution in [0.15, 0.2) is 0 Å². The van der Waals surface area contributed by atoms with Crippen LogP contribution in [0.3, 0.4) is 0 Å². The van der Waals surface area contributed by atoms with Crippen molar-refractivity contribution in [2.75, 3.05) is 26.7 Å². The number of hydrogen-bond donors (Lipinski definition) is 1. The average molecular weight is 226 g/mol. The molecule has 1 saturated heterocycles. The summed E-state index contributed by atoms with van der Waals surface area (Å²) in [5.41, 5.74) is 0.417. The fourth-order valence-corrected chi connectivity index (χ4v) is 2.25. The van der Waals surface area contributed by atoms with E-state index in [4.69, 9.17) is 0 Å². The molecule has 0 spiro atoms. The molecule has 0 aliphatic carbocycles. The topological polar surface area (TPSA) is 32.3 Å². The van der Waals surface area contributed by atoms with Crippen molar-refractivity contribution in [3.05, 3.63) is 0 Å². The van der Waals surface area contributed by atoms with Crippen molar-refractivity contribution in [3.8, 4) is 0 Å². The highest BCUT2D eigenvalue weighted by Gasteiger charge is 2.24. The molecule has 3 heteroatoms. The monoisotopic (exact) mass is 226 g/mol. The summed E-state index contributed by atoms with van der Waals surface area (Å²) < 4.78 is 0. The van der Waals surface area contributed by atoms with Crippen LogP contribution in [0.2, 0.25) is 0 Å². The molecular weight excluding hydrogens is 200 g/mol. The van der Waals surface area contributed by atoms with Crippen LogP contribution in [-0.2, 0) is 4.79 Å². The first kappa shape index (κ1) is 13.5. The maximum Gasteiger partial charge on any atom is 0.222 e. The van der Waals surface area contributed by atoms with Gasteiger partial charge in [0.25, 0.3) is 0 Å². The van der Waals surface area contributed by atoms with E-state index in [1.807, 2.05) is 7.05 Å². The van der Waals surface area contributed by atoms with Gasteiger partial charge >= 0.3 is 0 Å². The van der Waals surface area contributed by atoms with E-state index in [0.717, 1.165) is 38.9 Å². The Hall–Kier alpha value is -0.570. The molecule has 1 heterocycles. The molecule has 1 rings (SSSR count). The molecule has 0 atom stereocenters. The van der Waals surface area contributed by atoms with Crippen LogP contribution in [0.5, 0.6) is 0 Å².